The quantitative estimate of drug-likeness (QED) is 0.0543. The number of aliphatic hydroxyl groups is 2. The number of likely N-dealkylation sites (tertiary alicyclic amines) is 2. The molecule has 2 saturated heterocycles. The minimum absolute atomic E-state index is 0. The van der Waals surface area contributed by atoms with Gasteiger partial charge in [0.25, 0.3) is 17.5 Å². The number of halogens is 4. The number of amides is 1. The van der Waals surface area contributed by atoms with E-state index in [1.165, 1.54) is 42.4 Å². The molecule has 4 aromatic carbocycles. The number of benzene rings is 4. The molecule has 72 heavy (non-hydrogen) atoms. The van der Waals surface area contributed by atoms with E-state index in [0.29, 0.717) is 47.7 Å². The Kier molecular flexibility index (Phi) is 18.5. The van der Waals surface area contributed by atoms with Crippen molar-refractivity contribution in [3.8, 4) is 23.0 Å². The normalized spacial score (nSPS) is 16.8. The topological polar surface area (TPSA) is 210 Å². The van der Waals surface area contributed by atoms with Crippen LogP contribution >= 0.6 is 45.9 Å². The number of hydrogen-bond acceptors (Lipinski definition) is 15. The highest BCUT2D eigenvalue weighted by molar-refractivity contribution is 7.22. The standard InChI is InChI=1S/C25H24ClFN2O5S.C15H21FN2O3.C10H5ClO3S.CH4/c26-16-4-3-14-11-21(35-20(14)12-16)23(31)25(32)28-18(13-29-5-1-2-6-29)22(30)15-9-17(27)24-19(10-15)33-7-8-34-24;16-11-7-10(8-13-15(11)21-6-5-20-13)14(19)12(17)9-18-3-1-2-4-18;11-6-2-1-5-3-8(9(12)10(13)14)15-7(5)4-6;/h3-4,9-12,18,22,30H,1-2,5-8,13H2,(H,28,32);7-8,12,14,19H,1-6,9,17H2;1-4H,(H,13,14);1H4/t18-,22-;12-,14-;;/m11../s1. The summed E-state index contributed by atoms with van der Waals surface area (Å²) < 4.78 is 51.7. The summed E-state index contributed by atoms with van der Waals surface area (Å²) in [6, 6.07) is 17.9. The van der Waals surface area contributed by atoms with Crippen LogP contribution in [0.1, 0.15) is 75.8 Å². The van der Waals surface area contributed by atoms with Gasteiger partial charge >= 0.3 is 5.97 Å². The monoisotopic (exact) mass is 1070 g/mol. The summed E-state index contributed by atoms with van der Waals surface area (Å²) >= 11 is 14.1. The van der Waals surface area contributed by atoms with E-state index in [-0.39, 0.29) is 53.2 Å². The van der Waals surface area contributed by atoms with Crippen LogP contribution in [0, 0.1) is 11.6 Å². The summed E-state index contributed by atoms with van der Waals surface area (Å²) in [5, 5.41) is 35.5. The van der Waals surface area contributed by atoms with Gasteiger partial charge in [0.1, 0.15) is 32.5 Å². The number of carboxylic acid groups (broad SMARTS) is 1. The van der Waals surface area contributed by atoms with Gasteiger partial charge in [-0.3, -0.25) is 14.4 Å². The molecule has 0 unspecified atom stereocenters. The molecule has 0 aliphatic carbocycles. The number of ketones is 2. The highest BCUT2D eigenvalue weighted by Crippen LogP contribution is 2.38. The third-order valence-electron chi connectivity index (χ3n) is 12.2. The number of fused-ring (bicyclic) bond motifs is 4. The van der Waals surface area contributed by atoms with Gasteiger partial charge in [-0.05, 0) is 134 Å². The summed E-state index contributed by atoms with van der Waals surface area (Å²) in [5.74, 6) is -4.35. The number of Topliss-reactive ketones (excluding diaryl/α,β-unsaturated/α-hetero) is 2. The van der Waals surface area contributed by atoms with Crippen molar-refractivity contribution in [3.05, 3.63) is 115 Å². The number of nitrogens with zero attached hydrogens (tertiary/aromatic N) is 2. The minimum Gasteiger partial charge on any atom is -0.486 e. The predicted molar refractivity (Wildman–Crippen MR) is 273 cm³/mol. The first-order valence-electron chi connectivity index (χ1n) is 22.9. The van der Waals surface area contributed by atoms with Crippen LogP contribution in [-0.4, -0.2) is 126 Å². The molecule has 4 aliphatic heterocycles. The number of nitrogens with one attached hydrogen (secondary N) is 1. The molecule has 10 rings (SSSR count). The fourth-order valence-electron chi connectivity index (χ4n) is 8.60. The van der Waals surface area contributed by atoms with Crippen LogP contribution in [0.3, 0.4) is 0 Å². The van der Waals surface area contributed by atoms with Crippen LogP contribution in [0.15, 0.2) is 72.8 Å². The molecule has 0 bridgehead atoms. The largest absolute Gasteiger partial charge is 0.486 e. The zero-order chi connectivity index (χ0) is 50.3. The Morgan fingerprint density at radius 1 is 0.639 bits per heavy atom. The predicted octanol–water partition coefficient (Wildman–Crippen LogP) is 8.47. The fourth-order valence-corrected chi connectivity index (χ4v) is 11.1. The number of thiophene rings is 2. The molecule has 1 amide bonds. The lowest BCUT2D eigenvalue weighted by atomic mass is 10.00. The summed E-state index contributed by atoms with van der Waals surface area (Å²) in [6.45, 7) is 5.81. The number of nitrogens with two attached hydrogens (primary N) is 1. The van der Waals surface area contributed by atoms with E-state index >= 15 is 0 Å². The van der Waals surface area contributed by atoms with Crippen molar-refractivity contribution in [2.24, 2.45) is 5.73 Å². The number of carbonyl (C=O) groups excluding carboxylic acids is 3. The molecule has 4 aliphatic rings. The molecule has 21 heteroatoms. The SMILES string of the molecule is C.N[C@H](CN1CCCC1)[C@H](O)c1cc(F)c2c(c1)OCCO2.O=C(N[C@H](CN1CCCC1)[C@H](O)c1cc(F)c2c(c1)OCCO2)C(=O)c1cc2ccc(Cl)cc2s1.O=C(O)C(=O)c1cc2ccc(Cl)cc2s1. The zero-order valence-corrected chi connectivity index (χ0v) is 41.2. The van der Waals surface area contributed by atoms with Crippen molar-refractivity contribution in [1.82, 2.24) is 15.1 Å². The Morgan fingerprint density at radius 3 is 1.57 bits per heavy atom. The number of carboxylic acids is 1. The van der Waals surface area contributed by atoms with E-state index in [1.807, 2.05) is 0 Å². The molecule has 6 heterocycles. The van der Waals surface area contributed by atoms with Gasteiger partial charge in [0, 0.05) is 38.6 Å². The second kappa shape index (κ2) is 24.5. The molecule has 15 nitrogen and oxygen atoms in total. The van der Waals surface area contributed by atoms with E-state index in [4.69, 9.17) is 53.0 Å². The Morgan fingerprint density at radius 2 is 1.08 bits per heavy atom. The smallest absolute Gasteiger partial charge is 0.378 e. The highest BCUT2D eigenvalue weighted by atomic mass is 35.5. The molecule has 384 valence electrons. The molecule has 2 aromatic heterocycles. The van der Waals surface area contributed by atoms with E-state index in [9.17, 15) is 38.2 Å². The Balaban J connectivity index is 0.000000174. The number of hydrogen-bond donors (Lipinski definition) is 5. The number of aliphatic hydroxyl groups excluding tert-OH is 2. The van der Waals surface area contributed by atoms with Crippen molar-refractivity contribution in [3.63, 3.8) is 0 Å². The molecule has 6 N–H and O–H groups in total. The lowest BCUT2D eigenvalue weighted by Gasteiger charge is -2.29. The van der Waals surface area contributed by atoms with Crippen molar-refractivity contribution in [1.29, 1.82) is 0 Å². The van der Waals surface area contributed by atoms with Gasteiger partial charge in [0.05, 0.1) is 21.9 Å². The van der Waals surface area contributed by atoms with Crippen molar-refractivity contribution in [2.75, 3.05) is 65.7 Å². The van der Waals surface area contributed by atoms with Gasteiger partial charge < -0.3 is 55.1 Å². The summed E-state index contributed by atoms with van der Waals surface area (Å²) in [6.07, 6.45) is 2.18. The molecule has 0 spiro atoms. The number of rotatable bonds is 13. The lowest BCUT2D eigenvalue weighted by Crippen LogP contribution is -2.48. The van der Waals surface area contributed by atoms with Gasteiger partial charge in [-0.15, -0.1) is 22.7 Å². The number of ether oxygens (including phenoxy) is 4. The van der Waals surface area contributed by atoms with Gasteiger partial charge in [-0.1, -0.05) is 42.8 Å². The average molecular weight is 1070 g/mol. The lowest BCUT2D eigenvalue weighted by molar-refractivity contribution is -0.131. The van der Waals surface area contributed by atoms with E-state index in [0.717, 1.165) is 70.5 Å². The van der Waals surface area contributed by atoms with Crippen LogP contribution < -0.4 is 30.0 Å². The first-order chi connectivity index (χ1) is 34.1. The van der Waals surface area contributed by atoms with Crippen molar-refractivity contribution in [2.45, 2.75) is 57.4 Å². The van der Waals surface area contributed by atoms with Gasteiger partial charge in [0.2, 0.25) is 0 Å². The van der Waals surface area contributed by atoms with E-state index in [2.05, 4.69) is 15.1 Å². The Labute approximate surface area is 431 Å². The molecule has 4 atom stereocenters. The first kappa shape index (κ1) is 54.3. The first-order valence-corrected chi connectivity index (χ1v) is 25.3. The summed E-state index contributed by atoms with van der Waals surface area (Å²) in [7, 11) is 0. The molecule has 0 saturated carbocycles. The maximum atomic E-state index is 14.6. The number of carbonyl (C=O) groups is 4. The summed E-state index contributed by atoms with van der Waals surface area (Å²) in [5.41, 5.74) is 6.74. The third-order valence-corrected chi connectivity index (χ3v) is 14.8. The molecule has 6 aromatic rings. The van der Waals surface area contributed by atoms with Crippen LogP contribution in [0.5, 0.6) is 23.0 Å². The van der Waals surface area contributed by atoms with Crippen LogP contribution in [0.4, 0.5) is 8.78 Å². The van der Waals surface area contributed by atoms with Gasteiger partial charge in [0.15, 0.2) is 34.6 Å². The highest BCUT2D eigenvalue weighted by Gasteiger charge is 2.32. The molecule has 2 fully saturated rings. The van der Waals surface area contributed by atoms with Crippen molar-refractivity contribution < 1.29 is 62.2 Å². The van der Waals surface area contributed by atoms with E-state index < -0.39 is 59.4 Å². The average Bonchev–Trinajstić information content (AvgIpc) is 4.22. The van der Waals surface area contributed by atoms with Crippen LogP contribution in [0.2, 0.25) is 10.0 Å². The number of aliphatic carboxylic acids is 1. The molecular formula is C51H54Cl2F2N4O11S2. The maximum absolute atomic E-state index is 14.6. The van der Waals surface area contributed by atoms with Gasteiger partial charge in [-0.25, -0.2) is 13.6 Å². The Hall–Kier alpha value is -5.48. The third kappa shape index (κ3) is 13.2. The maximum Gasteiger partial charge on any atom is 0.378 e. The Bertz CT molecular complexity index is 2930. The second-order valence-corrected chi connectivity index (χ2v) is 20.3. The van der Waals surface area contributed by atoms with Crippen molar-refractivity contribution >= 4 is 89.5 Å². The van der Waals surface area contributed by atoms with Gasteiger partial charge in [-0.2, -0.15) is 0 Å². The minimum atomic E-state index is -1.44. The summed E-state index contributed by atoms with van der Waals surface area (Å²) in [4.78, 5) is 52.4. The fraction of sp³-hybridized carbons (Fsp3) is 0.373. The van der Waals surface area contributed by atoms with Crippen LogP contribution in [-0.2, 0) is 9.59 Å². The van der Waals surface area contributed by atoms with E-state index in [1.54, 1.807) is 54.6 Å². The molecule has 0 radical (unpaired) electrons. The second-order valence-electron chi connectivity index (χ2n) is 17.3. The van der Waals surface area contributed by atoms with Crippen LogP contribution in [0.25, 0.3) is 20.2 Å². The molecular weight excluding hydrogens is 1020 g/mol. The zero-order valence-electron chi connectivity index (χ0n) is 38.0.